The number of carbonyl (C=O) groups excluding carboxylic acids is 3. The number of hydrogen-bond donors (Lipinski definition) is 3. The quantitative estimate of drug-likeness (QED) is 0.546. The third-order valence-electron chi connectivity index (χ3n) is 7.10. The molecule has 8 heteroatoms. The Bertz CT molecular complexity index is 737. The molecular formula is C23H39N3O4S. The molecule has 31 heavy (non-hydrogen) atoms. The highest BCUT2D eigenvalue weighted by Gasteiger charge is 2.76. The maximum Gasteiger partial charge on any atom is 0.244 e. The Hall–Kier alpha value is -1.28. The first kappa shape index (κ1) is 24.4. The van der Waals surface area contributed by atoms with Gasteiger partial charge in [0.15, 0.2) is 0 Å². The number of aliphatic hydroxyl groups is 1. The van der Waals surface area contributed by atoms with E-state index in [4.69, 9.17) is 0 Å². The molecular weight excluding hydrogens is 414 g/mol. The van der Waals surface area contributed by atoms with Crippen LogP contribution in [0.1, 0.15) is 61.3 Å². The SMILES string of the molecule is CCCNC(=O)[C@@H]1[C@H]2C(=O)N([C@@H](CO)C(C)C)C(C(=O)NC(C)(C)C)C23S[C@@H]1CC3C. The van der Waals surface area contributed by atoms with E-state index in [1.807, 2.05) is 41.5 Å². The smallest absolute Gasteiger partial charge is 0.244 e. The summed E-state index contributed by atoms with van der Waals surface area (Å²) >= 11 is 1.67. The fraction of sp³-hybridized carbons (Fsp3) is 0.870. The fourth-order valence-corrected chi connectivity index (χ4v) is 8.25. The second-order valence-electron chi connectivity index (χ2n) is 10.8. The number of fused-ring (bicyclic) bond motifs is 1. The molecule has 3 amide bonds. The zero-order valence-electron chi connectivity index (χ0n) is 19.9. The van der Waals surface area contributed by atoms with Crippen molar-refractivity contribution < 1.29 is 19.5 Å². The fourth-order valence-electron chi connectivity index (χ4n) is 5.84. The first-order valence-electron chi connectivity index (χ1n) is 11.6. The number of nitrogens with one attached hydrogen (secondary N) is 2. The lowest BCUT2D eigenvalue weighted by molar-refractivity contribution is -0.144. The molecule has 3 heterocycles. The van der Waals surface area contributed by atoms with Crippen LogP contribution < -0.4 is 10.6 Å². The molecule has 0 aromatic carbocycles. The molecule has 3 fully saturated rings. The number of nitrogens with zero attached hydrogens (tertiary/aromatic N) is 1. The van der Waals surface area contributed by atoms with Crippen molar-refractivity contribution in [1.29, 1.82) is 0 Å². The van der Waals surface area contributed by atoms with Crippen molar-refractivity contribution in [2.24, 2.45) is 23.7 Å². The Kier molecular flexibility index (Phi) is 6.74. The maximum atomic E-state index is 13.9. The first-order valence-corrected chi connectivity index (χ1v) is 12.5. The van der Waals surface area contributed by atoms with Gasteiger partial charge in [0.25, 0.3) is 0 Å². The van der Waals surface area contributed by atoms with Gasteiger partial charge in [-0.1, -0.05) is 27.7 Å². The summed E-state index contributed by atoms with van der Waals surface area (Å²) in [4.78, 5) is 42.4. The third-order valence-corrected chi connectivity index (χ3v) is 9.17. The highest BCUT2D eigenvalue weighted by Crippen LogP contribution is 2.68. The molecule has 3 aliphatic heterocycles. The average molecular weight is 454 g/mol. The summed E-state index contributed by atoms with van der Waals surface area (Å²) in [5.41, 5.74) is -0.449. The van der Waals surface area contributed by atoms with Crippen molar-refractivity contribution in [2.45, 2.75) is 88.9 Å². The zero-order valence-corrected chi connectivity index (χ0v) is 20.7. The lowest BCUT2D eigenvalue weighted by atomic mass is 9.65. The molecule has 0 radical (unpaired) electrons. The van der Waals surface area contributed by atoms with E-state index in [1.165, 1.54) is 0 Å². The van der Waals surface area contributed by atoms with E-state index in [0.717, 1.165) is 12.8 Å². The van der Waals surface area contributed by atoms with Crippen LogP contribution in [0.3, 0.4) is 0 Å². The van der Waals surface area contributed by atoms with Gasteiger partial charge in [0.2, 0.25) is 17.7 Å². The summed E-state index contributed by atoms with van der Waals surface area (Å²) in [6.45, 7) is 14.2. The van der Waals surface area contributed by atoms with Crippen molar-refractivity contribution in [3.05, 3.63) is 0 Å². The predicted molar refractivity (Wildman–Crippen MR) is 122 cm³/mol. The molecule has 1 spiro atoms. The zero-order chi connectivity index (χ0) is 23.3. The summed E-state index contributed by atoms with van der Waals surface area (Å²) in [6.07, 6.45) is 1.65. The first-order chi connectivity index (χ1) is 14.4. The Labute approximate surface area is 190 Å². The van der Waals surface area contributed by atoms with Crippen LogP contribution in [0.5, 0.6) is 0 Å². The largest absolute Gasteiger partial charge is 0.394 e. The van der Waals surface area contributed by atoms with E-state index < -0.39 is 34.2 Å². The van der Waals surface area contributed by atoms with E-state index in [-0.39, 0.29) is 41.4 Å². The van der Waals surface area contributed by atoms with Gasteiger partial charge in [-0.05, 0) is 45.4 Å². The number of hydrogen-bond acceptors (Lipinski definition) is 5. The van der Waals surface area contributed by atoms with Gasteiger partial charge in [0.05, 0.1) is 29.2 Å². The van der Waals surface area contributed by atoms with Crippen molar-refractivity contribution in [2.75, 3.05) is 13.2 Å². The van der Waals surface area contributed by atoms with E-state index in [2.05, 4.69) is 17.6 Å². The Morgan fingerprint density at radius 1 is 1.29 bits per heavy atom. The number of thioether (sulfide) groups is 1. The molecule has 2 bridgehead atoms. The highest BCUT2D eigenvalue weighted by atomic mass is 32.2. The number of rotatable bonds is 7. The summed E-state index contributed by atoms with van der Waals surface area (Å²) in [5.74, 6) is -1.27. The molecule has 3 aliphatic rings. The summed E-state index contributed by atoms with van der Waals surface area (Å²) in [7, 11) is 0. The lowest BCUT2D eigenvalue weighted by Gasteiger charge is -2.41. The molecule has 3 unspecified atom stereocenters. The maximum absolute atomic E-state index is 13.9. The predicted octanol–water partition coefficient (Wildman–Crippen LogP) is 1.78. The summed E-state index contributed by atoms with van der Waals surface area (Å²) < 4.78 is -0.645. The minimum absolute atomic E-state index is 0.0148. The van der Waals surface area contributed by atoms with E-state index in [1.54, 1.807) is 16.7 Å². The number of carbonyl (C=O) groups is 3. The third kappa shape index (κ3) is 3.88. The Morgan fingerprint density at radius 3 is 2.45 bits per heavy atom. The van der Waals surface area contributed by atoms with Crippen molar-refractivity contribution in [3.63, 3.8) is 0 Å². The van der Waals surface area contributed by atoms with Crippen LogP contribution in [0, 0.1) is 23.7 Å². The standard InChI is InChI=1S/C23H39N3O4S/c1-8-9-24-19(28)16-15-10-13(4)23(31-15)17(16)21(30)26(14(11-27)12(2)3)18(23)20(29)25-22(5,6)7/h12-18,27H,8-11H2,1-7H3,(H,24,28)(H,25,29)/t13?,14-,15+,16-,17-,18?,23?/m0/s1. The second-order valence-corrected chi connectivity index (χ2v) is 12.4. The van der Waals surface area contributed by atoms with Gasteiger partial charge in [-0.2, -0.15) is 0 Å². The molecule has 7 nitrogen and oxygen atoms in total. The van der Waals surface area contributed by atoms with Crippen LogP contribution in [0.15, 0.2) is 0 Å². The monoisotopic (exact) mass is 453 g/mol. The van der Waals surface area contributed by atoms with Gasteiger partial charge in [0, 0.05) is 17.3 Å². The average Bonchev–Trinajstić information content (AvgIpc) is 3.23. The molecule has 0 aromatic heterocycles. The molecule has 0 aromatic rings. The van der Waals surface area contributed by atoms with Crippen molar-refractivity contribution in [3.8, 4) is 0 Å². The van der Waals surface area contributed by atoms with Crippen LogP contribution in [0.25, 0.3) is 0 Å². The highest BCUT2D eigenvalue weighted by molar-refractivity contribution is 8.02. The van der Waals surface area contributed by atoms with Gasteiger partial charge < -0.3 is 20.6 Å². The van der Waals surface area contributed by atoms with Gasteiger partial charge >= 0.3 is 0 Å². The topological polar surface area (TPSA) is 98.7 Å². The van der Waals surface area contributed by atoms with Gasteiger partial charge in [-0.3, -0.25) is 14.4 Å². The van der Waals surface area contributed by atoms with Crippen LogP contribution in [-0.2, 0) is 14.4 Å². The number of aliphatic hydroxyl groups excluding tert-OH is 1. The second kappa shape index (κ2) is 8.58. The van der Waals surface area contributed by atoms with E-state index in [0.29, 0.717) is 6.54 Å². The molecule has 3 N–H and O–H groups in total. The van der Waals surface area contributed by atoms with Crippen LogP contribution in [0.4, 0.5) is 0 Å². The normalized spacial score (nSPS) is 35.5. The number of likely N-dealkylation sites (tertiary alicyclic amines) is 1. The molecule has 7 atom stereocenters. The Balaban J connectivity index is 2.09. The Morgan fingerprint density at radius 2 is 1.94 bits per heavy atom. The van der Waals surface area contributed by atoms with Gasteiger partial charge in [-0.25, -0.2) is 0 Å². The van der Waals surface area contributed by atoms with Crippen LogP contribution >= 0.6 is 11.8 Å². The number of amides is 3. The van der Waals surface area contributed by atoms with Crippen molar-refractivity contribution >= 4 is 29.5 Å². The van der Waals surface area contributed by atoms with Gasteiger partial charge in [0.1, 0.15) is 6.04 Å². The molecule has 3 rings (SSSR count). The van der Waals surface area contributed by atoms with E-state index >= 15 is 0 Å². The molecule has 3 saturated heterocycles. The van der Waals surface area contributed by atoms with E-state index in [9.17, 15) is 19.5 Å². The summed E-state index contributed by atoms with van der Waals surface area (Å²) in [5, 5.41) is 16.3. The minimum atomic E-state index is -0.697. The van der Waals surface area contributed by atoms with Crippen LogP contribution in [-0.4, -0.2) is 68.5 Å². The summed E-state index contributed by atoms with van der Waals surface area (Å²) in [6, 6.07) is -1.16. The van der Waals surface area contributed by atoms with Gasteiger partial charge in [-0.15, -0.1) is 11.8 Å². The van der Waals surface area contributed by atoms with Crippen LogP contribution in [0.2, 0.25) is 0 Å². The molecule has 0 saturated carbocycles. The lowest BCUT2D eigenvalue weighted by Crippen LogP contribution is -2.61. The van der Waals surface area contributed by atoms with Crippen molar-refractivity contribution in [1.82, 2.24) is 15.5 Å². The minimum Gasteiger partial charge on any atom is -0.394 e. The molecule has 176 valence electrons. The molecule has 0 aliphatic carbocycles.